The number of fused-ring (bicyclic) bond motifs is 5. The molecule has 0 saturated carbocycles. The molecule has 3 heterocycles. The Hall–Kier alpha value is -2.64. The highest BCUT2D eigenvalue weighted by atomic mass is 35.5. The summed E-state index contributed by atoms with van der Waals surface area (Å²) < 4.78 is 7.62. The van der Waals surface area contributed by atoms with Gasteiger partial charge in [-0.3, -0.25) is 4.79 Å². The fourth-order valence-corrected chi connectivity index (χ4v) is 6.52. The van der Waals surface area contributed by atoms with Crippen LogP contribution in [-0.2, 0) is 12.8 Å². The maximum absolute atomic E-state index is 14.0. The topological polar surface area (TPSA) is 57.0 Å². The maximum atomic E-state index is 14.0. The summed E-state index contributed by atoms with van der Waals surface area (Å²) in [6.45, 7) is 1.85. The molecule has 0 radical (unpaired) electrons. The van der Waals surface area contributed by atoms with E-state index in [1.165, 1.54) is 15.0 Å². The molecule has 0 atom stereocenters. The third kappa shape index (κ3) is 3.89. The van der Waals surface area contributed by atoms with Gasteiger partial charge in [0.1, 0.15) is 10.6 Å². The number of thiophene rings is 1. The predicted octanol–water partition coefficient (Wildman–Crippen LogP) is 7.94. The number of ether oxygens (including phenoxy) is 1. The average molecular weight is 543 g/mol. The lowest BCUT2D eigenvalue weighted by molar-refractivity contribution is 0.427. The highest BCUT2D eigenvalue weighted by molar-refractivity contribution is 7.19. The Bertz CT molecular complexity index is 1690. The second-order valence-corrected chi connectivity index (χ2v) is 10.9. The molecule has 0 fully saturated rings. The lowest BCUT2D eigenvalue weighted by atomic mass is 9.96. The van der Waals surface area contributed by atoms with E-state index in [-0.39, 0.29) is 11.6 Å². The van der Waals surface area contributed by atoms with Gasteiger partial charge in [-0.25, -0.2) is 9.55 Å². The Kier molecular flexibility index (Phi) is 5.72. The molecule has 1 aliphatic carbocycles. The van der Waals surface area contributed by atoms with Crippen molar-refractivity contribution in [3.8, 4) is 17.4 Å². The molecule has 176 valence electrons. The van der Waals surface area contributed by atoms with Gasteiger partial charge in [0.15, 0.2) is 0 Å². The van der Waals surface area contributed by atoms with Gasteiger partial charge in [0.25, 0.3) is 5.56 Å². The lowest BCUT2D eigenvalue weighted by Crippen LogP contribution is -2.22. The van der Waals surface area contributed by atoms with Crippen molar-refractivity contribution < 1.29 is 4.74 Å². The number of halogens is 3. The van der Waals surface area contributed by atoms with Crippen LogP contribution in [0.2, 0.25) is 15.1 Å². The van der Waals surface area contributed by atoms with Crippen molar-refractivity contribution in [2.24, 2.45) is 0 Å². The standard InChI is InChI=1S/C26H18Cl3N3O2S/c1-13-21-23(22-17-4-2-3-5-20(17)35-24(22)30-13)31-26(34-19-11-8-15(28)12-18(19)29)32(25(21)33)16-9-6-14(27)7-10-16/h6-12H,2-5H2,1H3. The van der Waals surface area contributed by atoms with E-state index < -0.39 is 0 Å². The van der Waals surface area contributed by atoms with Crippen molar-refractivity contribution in [3.63, 3.8) is 0 Å². The van der Waals surface area contributed by atoms with Crippen molar-refractivity contribution in [1.29, 1.82) is 0 Å². The van der Waals surface area contributed by atoms with Gasteiger partial charge >= 0.3 is 6.01 Å². The zero-order valence-electron chi connectivity index (χ0n) is 18.6. The highest BCUT2D eigenvalue weighted by Gasteiger charge is 2.25. The van der Waals surface area contributed by atoms with E-state index in [0.717, 1.165) is 35.9 Å². The molecule has 9 heteroatoms. The molecule has 0 bridgehead atoms. The Labute approximate surface area is 219 Å². The molecule has 0 aliphatic heterocycles. The quantitative estimate of drug-likeness (QED) is 0.232. The van der Waals surface area contributed by atoms with Crippen LogP contribution in [0.25, 0.3) is 26.8 Å². The fraction of sp³-hybridized carbons (Fsp3) is 0.192. The Balaban J connectivity index is 1.70. The van der Waals surface area contributed by atoms with Crippen molar-refractivity contribution >= 4 is 67.3 Å². The SMILES string of the molecule is Cc1nc2sc3c(c2c2nc(Oc4ccc(Cl)cc4Cl)n(-c4ccc(Cl)cc4)c(=O)c12)CCCC3. The van der Waals surface area contributed by atoms with Gasteiger partial charge in [0.05, 0.1) is 27.3 Å². The van der Waals surface area contributed by atoms with Crippen molar-refractivity contribution in [1.82, 2.24) is 14.5 Å². The summed E-state index contributed by atoms with van der Waals surface area (Å²) in [5.74, 6) is 0.347. The van der Waals surface area contributed by atoms with Crippen LogP contribution in [0.4, 0.5) is 0 Å². The Morgan fingerprint density at radius 2 is 1.69 bits per heavy atom. The fourth-order valence-electron chi connectivity index (χ4n) is 4.63. The molecule has 3 aromatic heterocycles. The van der Waals surface area contributed by atoms with Gasteiger partial charge in [-0.15, -0.1) is 11.3 Å². The van der Waals surface area contributed by atoms with Crippen molar-refractivity contribution in [3.05, 3.63) is 84.0 Å². The summed E-state index contributed by atoms with van der Waals surface area (Å²) in [7, 11) is 0. The molecule has 35 heavy (non-hydrogen) atoms. The normalized spacial score (nSPS) is 13.4. The summed E-state index contributed by atoms with van der Waals surface area (Å²) in [6, 6.07) is 12.0. The molecule has 5 aromatic rings. The minimum Gasteiger partial charge on any atom is -0.424 e. The predicted molar refractivity (Wildman–Crippen MR) is 143 cm³/mol. The van der Waals surface area contributed by atoms with Crippen LogP contribution in [0.1, 0.15) is 29.0 Å². The van der Waals surface area contributed by atoms with Gasteiger partial charge in [-0.05, 0) is 80.6 Å². The van der Waals surface area contributed by atoms with Crippen LogP contribution in [0, 0.1) is 6.92 Å². The number of rotatable bonds is 3. The Morgan fingerprint density at radius 1 is 0.943 bits per heavy atom. The van der Waals surface area contributed by atoms with Crippen LogP contribution >= 0.6 is 46.1 Å². The molecule has 0 saturated heterocycles. The summed E-state index contributed by atoms with van der Waals surface area (Å²) >= 11 is 20.3. The maximum Gasteiger partial charge on any atom is 0.310 e. The van der Waals surface area contributed by atoms with Gasteiger partial charge in [0, 0.05) is 20.3 Å². The first-order valence-corrected chi connectivity index (χ1v) is 13.1. The van der Waals surface area contributed by atoms with Crippen LogP contribution in [0.5, 0.6) is 11.8 Å². The van der Waals surface area contributed by atoms with E-state index in [9.17, 15) is 4.79 Å². The van der Waals surface area contributed by atoms with E-state index >= 15 is 0 Å². The van der Waals surface area contributed by atoms with Gasteiger partial charge in [0.2, 0.25) is 0 Å². The molecule has 0 N–H and O–H groups in total. The van der Waals surface area contributed by atoms with E-state index in [0.29, 0.717) is 43.1 Å². The number of benzene rings is 2. The first-order valence-electron chi connectivity index (χ1n) is 11.2. The molecule has 1 aliphatic rings. The first kappa shape index (κ1) is 22.8. The number of aryl methyl sites for hydroxylation is 3. The number of pyridine rings is 1. The zero-order chi connectivity index (χ0) is 24.3. The van der Waals surface area contributed by atoms with Gasteiger partial charge in [-0.1, -0.05) is 34.8 Å². The Morgan fingerprint density at radius 3 is 2.46 bits per heavy atom. The summed E-state index contributed by atoms with van der Waals surface area (Å²) in [5, 5.41) is 2.80. The second-order valence-electron chi connectivity index (χ2n) is 8.50. The van der Waals surface area contributed by atoms with E-state index in [4.69, 9.17) is 49.5 Å². The monoisotopic (exact) mass is 541 g/mol. The lowest BCUT2D eigenvalue weighted by Gasteiger charge is -2.16. The molecule has 2 aromatic carbocycles. The molecule has 6 rings (SSSR count). The van der Waals surface area contributed by atoms with Crippen LogP contribution in [0.15, 0.2) is 47.3 Å². The van der Waals surface area contributed by atoms with Crippen LogP contribution in [0.3, 0.4) is 0 Å². The largest absolute Gasteiger partial charge is 0.424 e. The number of aromatic nitrogens is 3. The molecule has 0 amide bonds. The third-order valence-corrected chi connectivity index (χ3v) is 8.22. The second kappa shape index (κ2) is 8.79. The zero-order valence-corrected chi connectivity index (χ0v) is 21.7. The first-order chi connectivity index (χ1) is 16.9. The molecular formula is C26H18Cl3N3O2S. The van der Waals surface area contributed by atoms with Crippen LogP contribution < -0.4 is 10.3 Å². The summed E-state index contributed by atoms with van der Waals surface area (Å²) in [6.07, 6.45) is 4.26. The van der Waals surface area contributed by atoms with E-state index in [1.807, 2.05) is 6.92 Å². The number of hydrogen-bond acceptors (Lipinski definition) is 5. The summed E-state index contributed by atoms with van der Waals surface area (Å²) in [4.78, 5) is 26.0. The molecule has 5 nitrogen and oxygen atoms in total. The molecule has 0 unspecified atom stereocenters. The minimum absolute atomic E-state index is 0.108. The highest BCUT2D eigenvalue weighted by Crippen LogP contribution is 2.40. The summed E-state index contributed by atoms with van der Waals surface area (Å²) in [5.41, 5.74) is 2.81. The smallest absolute Gasteiger partial charge is 0.310 e. The van der Waals surface area contributed by atoms with Gasteiger partial charge < -0.3 is 4.74 Å². The molecule has 0 spiro atoms. The van der Waals surface area contributed by atoms with E-state index in [2.05, 4.69) is 0 Å². The average Bonchev–Trinajstić information content (AvgIpc) is 3.20. The van der Waals surface area contributed by atoms with Gasteiger partial charge in [-0.2, -0.15) is 4.98 Å². The van der Waals surface area contributed by atoms with E-state index in [1.54, 1.807) is 53.8 Å². The minimum atomic E-state index is -0.264. The number of nitrogens with zero attached hydrogens (tertiary/aromatic N) is 3. The third-order valence-electron chi connectivity index (χ3n) is 6.25. The number of hydrogen-bond donors (Lipinski definition) is 0. The van der Waals surface area contributed by atoms with Crippen LogP contribution in [-0.4, -0.2) is 14.5 Å². The van der Waals surface area contributed by atoms with Crippen molar-refractivity contribution in [2.45, 2.75) is 32.6 Å². The molecular weight excluding hydrogens is 525 g/mol. The van der Waals surface area contributed by atoms with Crippen molar-refractivity contribution in [2.75, 3.05) is 0 Å².